The van der Waals surface area contributed by atoms with Crippen LogP contribution in [0.15, 0.2) is 24.3 Å². The van der Waals surface area contributed by atoms with Crippen LogP contribution in [-0.2, 0) is 11.2 Å². The van der Waals surface area contributed by atoms with Crippen molar-refractivity contribution in [2.24, 2.45) is 11.1 Å². The maximum absolute atomic E-state index is 11.0. The van der Waals surface area contributed by atoms with Crippen LogP contribution in [0.25, 0.3) is 0 Å². The van der Waals surface area contributed by atoms with E-state index in [1.807, 2.05) is 31.2 Å². The molecule has 0 saturated carbocycles. The first-order chi connectivity index (χ1) is 9.53. The minimum atomic E-state index is -0.833. The minimum Gasteiger partial charge on any atom is -0.497 e. The molecule has 1 fully saturated rings. The van der Waals surface area contributed by atoms with Gasteiger partial charge in [-0.05, 0) is 37.5 Å². The van der Waals surface area contributed by atoms with Crippen molar-refractivity contribution in [3.05, 3.63) is 29.8 Å². The van der Waals surface area contributed by atoms with Crippen LogP contribution < -0.4 is 10.5 Å². The van der Waals surface area contributed by atoms with E-state index in [4.69, 9.17) is 15.2 Å². The van der Waals surface area contributed by atoms with Gasteiger partial charge in [0, 0.05) is 31.6 Å². The third-order valence-electron chi connectivity index (χ3n) is 4.69. The monoisotopic (exact) mass is 279 g/mol. The number of ether oxygens (including phenoxy) is 2. The van der Waals surface area contributed by atoms with Crippen molar-refractivity contribution >= 4 is 0 Å². The van der Waals surface area contributed by atoms with Gasteiger partial charge in [0.05, 0.1) is 12.7 Å². The summed E-state index contributed by atoms with van der Waals surface area (Å²) in [5.41, 5.74) is 5.99. The summed E-state index contributed by atoms with van der Waals surface area (Å²) in [5, 5.41) is 11.0. The number of aliphatic hydroxyl groups is 1. The molecule has 1 atom stereocenters. The lowest BCUT2D eigenvalue weighted by atomic mass is 9.65. The lowest BCUT2D eigenvalue weighted by Crippen LogP contribution is -2.54. The van der Waals surface area contributed by atoms with E-state index in [-0.39, 0.29) is 5.41 Å². The molecule has 0 aliphatic carbocycles. The molecule has 1 heterocycles. The summed E-state index contributed by atoms with van der Waals surface area (Å²) in [5.74, 6) is 0.827. The van der Waals surface area contributed by atoms with Gasteiger partial charge in [0.25, 0.3) is 0 Å². The molecule has 0 bridgehead atoms. The number of hydrogen-bond acceptors (Lipinski definition) is 4. The first-order valence-corrected chi connectivity index (χ1v) is 7.16. The van der Waals surface area contributed by atoms with Gasteiger partial charge in [-0.1, -0.05) is 12.1 Å². The van der Waals surface area contributed by atoms with E-state index in [1.54, 1.807) is 7.11 Å². The highest BCUT2D eigenvalue weighted by Gasteiger charge is 2.46. The normalized spacial score (nSPS) is 21.2. The Balaban J connectivity index is 2.15. The number of hydrogen-bond donors (Lipinski definition) is 2. The fraction of sp³-hybridized carbons (Fsp3) is 0.625. The number of benzene rings is 1. The highest BCUT2D eigenvalue weighted by molar-refractivity contribution is 5.28. The second kappa shape index (κ2) is 6.12. The molecule has 1 aliphatic heterocycles. The third kappa shape index (κ3) is 2.97. The Kier molecular flexibility index (Phi) is 4.68. The molecule has 2 rings (SSSR count). The molecular weight excluding hydrogens is 254 g/mol. The summed E-state index contributed by atoms with van der Waals surface area (Å²) in [7, 11) is 1.65. The molecule has 0 aromatic heterocycles. The van der Waals surface area contributed by atoms with E-state index in [1.165, 1.54) is 0 Å². The third-order valence-corrected chi connectivity index (χ3v) is 4.69. The summed E-state index contributed by atoms with van der Waals surface area (Å²) >= 11 is 0. The zero-order valence-corrected chi connectivity index (χ0v) is 12.4. The molecule has 1 saturated heterocycles. The topological polar surface area (TPSA) is 64.7 Å². The van der Waals surface area contributed by atoms with Crippen molar-refractivity contribution in [3.63, 3.8) is 0 Å². The lowest BCUT2D eigenvalue weighted by Gasteiger charge is -2.47. The van der Waals surface area contributed by atoms with Crippen molar-refractivity contribution in [2.75, 3.05) is 26.9 Å². The summed E-state index contributed by atoms with van der Waals surface area (Å²) in [6.07, 6.45) is 2.22. The van der Waals surface area contributed by atoms with E-state index in [9.17, 15) is 5.11 Å². The fourth-order valence-corrected chi connectivity index (χ4v) is 3.05. The van der Waals surface area contributed by atoms with Crippen LogP contribution in [0.3, 0.4) is 0 Å². The molecule has 20 heavy (non-hydrogen) atoms. The van der Waals surface area contributed by atoms with Crippen LogP contribution in [0.2, 0.25) is 0 Å². The van der Waals surface area contributed by atoms with Crippen LogP contribution in [0, 0.1) is 5.41 Å². The van der Waals surface area contributed by atoms with Crippen LogP contribution >= 0.6 is 0 Å². The standard InChI is InChI=1S/C16H25NO3/c1-15(18,16(12-17)7-9-20-10-8-16)11-13-3-5-14(19-2)6-4-13/h3-6,18H,7-12,17H2,1-2H3. The average Bonchev–Trinajstić information content (AvgIpc) is 2.48. The molecular formula is C16H25NO3. The number of nitrogens with two attached hydrogens (primary N) is 1. The first kappa shape index (κ1) is 15.3. The first-order valence-electron chi connectivity index (χ1n) is 7.16. The maximum atomic E-state index is 11.0. The van der Waals surface area contributed by atoms with E-state index < -0.39 is 5.60 Å². The Bertz CT molecular complexity index is 422. The highest BCUT2D eigenvalue weighted by atomic mass is 16.5. The second-order valence-corrected chi connectivity index (χ2v) is 5.90. The van der Waals surface area contributed by atoms with Gasteiger partial charge in [0.2, 0.25) is 0 Å². The van der Waals surface area contributed by atoms with Crippen LogP contribution in [0.1, 0.15) is 25.3 Å². The Labute approximate surface area is 120 Å². The lowest BCUT2D eigenvalue weighted by molar-refractivity contribution is -0.117. The zero-order valence-electron chi connectivity index (χ0n) is 12.4. The van der Waals surface area contributed by atoms with Crippen molar-refractivity contribution < 1.29 is 14.6 Å². The van der Waals surface area contributed by atoms with Crippen LogP contribution in [0.4, 0.5) is 0 Å². The van der Waals surface area contributed by atoms with Crippen molar-refractivity contribution in [2.45, 2.75) is 31.8 Å². The van der Waals surface area contributed by atoms with E-state index in [2.05, 4.69) is 0 Å². The van der Waals surface area contributed by atoms with Gasteiger partial charge in [-0.2, -0.15) is 0 Å². The van der Waals surface area contributed by atoms with Gasteiger partial charge in [0.15, 0.2) is 0 Å². The summed E-state index contributed by atoms with van der Waals surface area (Å²) in [6, 6.07) is 7.84. The molecule has 4 nitrogen and oxygen atoms in total. The molecule has 0 amide bonds. The van der Waals surface area contributed by atoms with Crippen molar-refractivity contribution in [1.82, 2.24) is 0 Å². The summed E-state index contributed by atoms with van der Waals surface area (Å²) < 4.78 is 10.6. The quantitative estimate of drug-likeness (QED) is 0.862. The molecule has 112 valence electrons. The van der Waals surface area contributed by atoms with E-state index in [0.717, 1.165) is 24.2 Å². The molecule has 4 heteroatoms. The van der Waals surface area contributed by atoms with E-state index in [0.29, 0.717) is 26.2 Å². The molecule has 3 N–H and O–H groups in total. The van der Waals surface area contributed by atoms with Gasteiger partial charge in [0.1, 0.15) is 5.75 Å². The highest BCUT2D eigenvalue weighted by Crippen LogP contribution is 2.42. The second-order valence-electron chi connectivity index (χ2n) is 5.90. The van der Waals surface area contributed by atoms with E-state index >= 15 is 0 Å². The zero-order chi connectivity index (χ0) is 14.6. The Morgan fingerprint density at radius 1 is 1.30 bits per heavy atom. The average molecular weight is 279 g/mol. The Hall–Kier alpha value is -1.10. The molecule has 1 aromatic carbocycles. The number of rotatable bonds is 5. The maximum Gasteiger partial charge on any atom is 0.118 e. The predicted molar refractivity (Wildman–Crippen MR) is 78.9 cm³/mol. The SMILES string of the molecule is COc1ccc(CC(C)(O)C2(CN)CCOCC2)cc1. The molecule has 1 aliphatic rings. The predicted octanol–water partition coefficient (Wildman–Crippen LogP) is 1.74. The number of methoxy groups -OCH3 is 1. The van der Waals surface area contributed by atoms with Gasteiger partial charge >= 0.3 is 0 Å². The smallest absolute Gasteiger partial charge is 0.118 e. The van der Waals surface area contributed by atoms with Gasteiger partial charge in [-0.3, -0.25) is 0 Å². The van der Waals surface area contributed by atoms with Crippen molar-refractivity contribution in [1.29, 1.82) is 0 Å². The molecule has 1 unspecified atom stereocenters. The van der Waals surface area contributed by atoms with Crippen molar-refractivity contribution in [3.8, 4) is 5.75 Å². The van der Waals surface area contributed by atoms with Crippen LogP contribution in [0.5, 0.6) is 5.75 Å². The molecule has 1 aromatic rings. The Morgan fingerprint density at radius 3 is 2.40 bits per heavy atom. The molecule has 0 radical (unpaired) electrons. The van der Waals surface area contributed by atoms with Gasteiger partial charge < -0.3 is 20.3 Å². The fourth-order valence-electron chi connectivity index (χ4n) is 3.05. The Morgan fingerprint density at radius 2 is 1.90 bits per heavy atom. The van der Waals surface area contributed by atoms with Gasteiger partial charge in [-0.25, -0.2) is 0 Å². The van der Waals surface area contributed by atoms with Crippen LogP contribution in [-0.4, -0.2) is 37.6 Å². The van der Waals surface area contributed by atoms with Gasteiger partial charge in [-0.15, -0.1) is 0 Å². The largest absolute Gasteiger partial charge is 0.497 e. The summed E-state index contributed by atoms with van der Waals surface area (Å²) in [4.78, 5) is 0. The summed E-state index contributed by atoms with van der Waals surface area (Å²) in [6.45, 7) is 3.74. The molecule has 0 spiro atoms. The minimum absolute atomic E-state index is 0.259.